The van der Waals surface area contributed by atoms with Gasteiger partial charge in [0.15, 0.2) is 5.17 Å². The van der Waals surface area contributed by atoms with Gasteiger partial charge in [0.2, 0.25) is 0 Å². The number of rotatable bonds is 4. The van der Waals surface area contributed by atoms with E-state index >= 15 is 0 Å². The van der Waals surface area contributed by atoms with Crippen molar-refractivity contribution in [3.05, 3.63) is 83.3 Å². The van der Waals surface area contributed by atoms with Gasteiger partial charge in [-0.2, -0.15) is 0 Å². The molecule has 1 fully saturated rings. The van der Waals surface area contributed by atoms with Gasteiger partial charge >= 0.3 is 0 Å². The van der Waals surface area contributed by atoms with Crippen molar-refractivity contribution in [3.63, 3.8) is 0 Å². The van der Waals surface area contributed by atoms with E-state index in [9.17, 15) is 4.79 Å². The predicted octanol–water partition coefficient (Wildman–Crippen LogP) is 5.10. The molecule has 4 rings (SSSR count). The van der Waals surface area contributed by atoms with E-state index in [4.69, 9.17) is 4.74 Å². The second-order valence-corrected chi connectivity index (χ2v) is 6.96. The van der Waals surface area contributed by atoms with E-state index in [1.807, 2.05) is 67.6 Å². The van der Waals surface area contributed by atoms with Crippen LogP contribution < -0.4 is 5.32 Å². The van der Waals surface area contributed by atoms with Gasteiger partial charge in [0.05, 0.1) is 12.3 Å². The van der Waals surface area contributed by atoms with Gasteiger partial charge in [0, 0.05) is 5.56 Å². The van der Waals surface area contributed by atoms with Crippen molar-refractivity contribution in [3.8, 4) is 0 Å². The molecule has 3 aromatic carbocycles. The third-order valence-corrected chi connectivity index (χ3v) is 5.08. The predicted molar refractivity (Wildman–Crippen MR) is 112 cm³/mol. The van der Waals surface area contributed by atoms with Crippen LogP contribution in [0.25, 0.3) is 16.5 Å². The third kappa shape index (κ3) is 3.73. The Morgan fingerprint density at radius 2 is 1.74 bits per heavy atom. The molecule has 1 amide bonds. The molecular formula is C22H18N2O2S. The number of carbonyl (C=O) groups excluding carboxylic acids is 1. The molecule has 5 heteroatoms. The summed E-state index contributed by atoms with van der Waals surface area (Å²) >= 11 is 1.31. The molecule has 0 radical (unpaired) electrons. The summed E-state index contributed by atoms with van der Waals surface area (Å²) in [5, 5.41) is 5.65. The van der Waals surface area contributed by atoms with Crippen LogP contribution in [-0.4, -0.2) is 17.7 Å². The molecule has 4 nitrogen and oxygen atoms in total. The fourth-order valence-electron chi connectivity index (χ4n) is 2.90. The molecule has 27 heavy (non-hydrogen) atoms. The highest BCUT2D eigenvalue weighted by atomic mass is 32.2. The molecule has 0 spiro atoms. The lowest BCUT2D eigenvalue weighted by molar-refractivity contribution is -0.115. The number of amides is 1. The SMILES string of the molecule is CCOC(=C1SC(=Nc2ccccc2)NC1=O)c1ccc2ccccc2c1. The fourth-order valence-corrected chi connectivity index (χ4v) is 3.80. The number of nitrogens with zero attached hydrogens (tertiary/aromatic N) is 1. The highest BCUT2D eigenvalue weighted by molar-refractivity contribution is 8.18. The Balaban J connectivity index is 1.74. The first-order chi connectivity index (χ1) is 13.2. The van der Waals surface area contributed by atoms with Crippen LogP contribution in [0.3, 0.4) is 0 Å². The third-order valence-electron chi connectivity index (χ3n) is 4.12. The smallest absolute Gasteiger partial charge is 0.267 e. The van der Waals surface area contributed by atoms with Crippen LogP contribution in [0.15, 0.2) is 82.7 Å². The summed E-state index contributed by atoms with van der Waals surface area (Å²) in [5.74, 6) is 0.398. The molecule has 134 valence electrons. The molecule has 0 atom stereocenters. The zero-order valence-corrected chi connectivity index (χ0v) is 15.6. The zero-order chi connectivity index (χ0) is 18.6. The number of ether oxygens (including phenoxy) is 1. The van der Waals surface area contributed by atoms with Crippen molar-refractivity contribution in [2.45, 2.75) is 6.92 Å². The maximum Gasteiger partial charge on any atom is 0.267 e. The van der Waals surface area contributed by atoms with Crippen molar-refractivity contribution >= 4 is 45.1 Å². The first-order valence-corrected chi connectivity index (χ1v) is 9.55. The molecule has 0 aliphatic carbocycles. The van der Waals surface area contributed by atoms with E-state index in [2.05, 4.69) is 22.4 Å². The zero-order valence-electron chi connectivity index (χ0n) is 14.8. The number of hydrogen-bond donors (Lipinski definition) is 1. The minimum Gasteiger partial charge on any atom is -0.492 e. The lowest BCUT2D eigenvalue weighted by Gasteiger charge is -2.11. The molecule has 0 saturated carbocycles. The topological polar surface area (TPSA) is 50.7 Å². The molecule has 1 aliphatic heterocycles. The standard InChI is InChI=1S/C22H18N2O2S/c1-2-26-19(17-13-12-15-8-6-7-9-16(15)14-17)20-21(25)24-22(27-20)23-18-10-4-3-5-11-18/h3-14H,2H2,1H3,(H,23,24,25). The summed E-state index contributed by atoms with van der Waals surface area (Å²) in [6.07, 6.45) is 0. The minimum atomic E-state index is -0.189. The number of fused-ring (bicyclic) bond motifs is 1. The van der Waals surface area contributed by atoms with E-state index < -0.39 is 0 Å². The Morgan fingerprint density at radius 1 is 1.00 bits per heavy atom. The van der Waals surface area contributed by atoms with E-state index in [1.54, 1.807) is 0 Å². The van der Waals surface area contributed by atoms with Gasteiger partial charge in [-0.15, -0.1) is 0 Å². The number of amidine groups is 1. The number of aliphatic imine (C=N–C) groups is 1. The molecule has 0 bridgehead atoms. The fraction of sp³-hybridized carbons (Fsp3) is 0.0909. The summed E-state index contributed by atoms with van der Waals surface area (Å²) in [6.45, 7) is 2.39. The number of hydrogen-bond acceptors (Lipinski definition) is 4. The quantitative estimate of drug-likeness (QED) is 0.511. The number of thioether (sulfide) groups is 1. The lowest BCUT2D eigenvalue weighted by atomic mass is 10.1. The maximum atomic E-state index is 12.6. The first kappa shape index (κ1) is 17.4. The number of nitrogens with one attached hydrogen (secondary N) is 1. The molecule has 3 aromatic rings. The number of benzene rings is 3. The summed E-state index contributed by atoms with van der Waals surface area (Å²) < 4.78 is 5.87. The highest BCUT2D eigenvalue weighted by Crippen LogP contribution is 2.34. The van der Waals surface area contributed by atoms with Gasteiger partial charge < -0.3 is 10.1 Å². The Morgan fingerprint density at radius 3 is 2.52 bits per heavy atom. The van der Waals surface area contributed by atoms with Gasteiger partial charge in [-0.25, -0.2) is 4.99 Å². The van der Waals surface area contributed by atoms with Crippen LogP contribution in [0.2, 0.25) is 0 Å². The van der Waals surface area contributed by atoms with Gasteiger partial charge in [-0.1, -0.05) is 54.6 Å². The van der Waals surface area contributed by atoms with Gasteiger partial charge in [-0.3, -0.25) is 4.79 Å². The van der Waals surface area contributed by atoms with Crippen LogP contribution >= 0.6 is 11.8 Å². The number of carbonyl (C=O) groups is 1. The van der Waals surface area contributed by atoms with E-state index in [1.165, 1.54) is 11.8 Å². The highest BCUT2D eigenvalue weighted by Gasteiger charge is 2.29. The molecule has 1 N–H and O–H groups in total. The minimum absolute atomic E-state index is 0.189. The molecule has 1 aliphatic rings. The Labute approximate surface area is 162 Å². The monoisotopic (exact) mass is 374 g/mol. The average molecular weight is 374 g/mol. The summed E-state index contributed by atoms with van der Waals surface area (Å²) in [7, 11) is 0. The lowest BCUT2D eigenvalue weighted by Crippen LogP contribution is -2.20. The van der Waals surface area contributed by atoms with Crippen LogP contribution in [0.4, 0.5) is 5.69 Å². The summed E-state index contributed by atoms with van der Waals surface area (Å²) in [4.78, 5) is 17.6. The van der Waals surface area contributed by atoms with Crippen LogP contribution in [0.5, 0.6) is 0 Å². The number of para-hydroxylation sites is 1. The average Bonchev–Trinajstić information content (AvgIpc) is 3.06. The first-order valence-electron chi connectivity index (χ1n) is 8.74. The van der Waals surface area contributed by atoms with Crippen molar-refractivity contribution in [1.29, 1.82) is 0 Å². The van der Waals surface area contributed by atoms with Crippen LogP contribution in [0, 0.1) is 0 Å². The Hall–Kier alpha value is -3.05. The summed E-state index contributed by atoms with van der Waals surface area (Å²) in [6, 6.07) is 23.8. The van der Waals surface area contributed by atoms with Crippen molar-refractivity contribution in [2.75, 3.05) is 6.61 Å². The van der Waals surface area contributed by atoms with Crippen LogP contribution in [-0.2, 0) is 9.53 Å². The Kier molecular flexibility index (Phi) is 4.94. The molecule has 0 aromatic heterocycles. The van der Waals surface area contributed by atoms with E-state index in [0.717, 1.165) is 22.0 Å². The van der Waals surface area contributed by atoms with Gasteiger partial charge in [-0.05, 0) is 47.7 Å². The molecule has 1 saturated heterocycles. The molecule has 1 heterocycles. The largest absolute Gasteiger partial charge is 0.492 e. The normalized spacial score (nSPS) is 17.2. The van der Waals surface area contributed by atoms with Gasteiger partial charge in [0.25, 0.3) is 5.91 Å². The van der Waals surface area contributed by atoms with Crippen molar-refractivity contribution in [2.24, 2.45) is 4.99 Å². The molecule has 0 unspecified atom stereocenters. The van der Waals surface area contributed by atoms with Crippen molar-refractivity contribution in [1.82, 2.24) is 5.32 Å². The van der Waals surface area contributed by atoms with E-state index in [0.29, 0.717) is 22.4 Å². The van der Waals surface area contributed by atoms with E-state index in [-0.39, 0.29) is 5.91 Å². The van der Waals surface area contributed by atoms with Gasteiger partial charge in [0.1, 0.15) is 10.7 Å². The maximum absolute atomic E-state index is 12.6. The summed E-state index contributed by atoms with van der Waals surface area (Å²) in [5.41, 5.74) is 1.68. The van der Waals surface area contributed by atoms with Crippen molar-refractivity contribution < 1.29 is 9.53 Å². The Bertz CT molecular complexity index is 1060. The second kappa shape index (κ2) is 7.68. The second-order valence-electron chi connectivity index (χ2n) is 5.96. The molecular weight excluding hydrogens is 356 g/mol. The van der Waals surface area contributed by atoms with Crippen LogP contribution in [0.1, 0.15) is 12.5 Å².